The molecule has 294 valence electrons. The second-order valence-electron chi connectivity index (χ2n) is 10.6. The number of rotatable bonds is 12. The Kier molecular flexibility index (Phi) is 13.2. The number of benzene rings is 2. The van der Waals surface area contributed by atoms with Gasteiger partial charge in [0.1, 0.15) is 11.3 Å². The summed E-state index contributed by atoms with van der Waals surface area (Å²) in [5.41, 5.74) is -14.5. The van der Waals surface area contributed by atoms with Crippen LogP contribution in [0, 0.1) is 0 Å². The zero-order valence-corrected chi connectivity index (χ0v) is 30.8. The molecule has 12 nitrogen and oxygen atoms in total. The van der Waals surface area contributed by atoms with E-state index in [4.69, 9.17) is 4.42 Å². The van der Waals surface area contributed by atoms with Gasteiger partial charge in [-0.2, -0.15) is 69.9 Å². The third kappa shape index (κ3) is 9.90. The number of aryl methyl sites for hydroxylation is 2. The fourth-order valence-electron chi connectivity index (χ4n) is 4.42. The molecule has 0 unspecified atom stereocenters. The van der Waals surface area contributed by atoms with Crippen molar-refractivity contribution in [1.29, 1.82) is 0 Å². The Balaban J connectivity index is 0.000000426. The fourth-order valence-corrected chi connectivity index (χ4v) is 7.17. The quantitative estimate of drug-likeness (QED) is 0.0841. The number of anilines is 1. The number of aromatic nitrogens is 2. The lowest BCUT2D eigenvalue weighted by molar-refractivity contribution is -0.0586. The second kappa shape index (κ2) is 16.0. The highest BCUT2D eigenvalue weighted by Gasteiger charge is 2.57. The van der Waals surface area contributed by atoms with Crippen LogP contribution in [0.4, 0.5) is 45.2 Å². The van der Waals surface area contributed by atoms with Crippen molar-refractivity contribution in [2.45, 2.75) is 62.6 Å². The average molecular weight is 895 g/mol. The van der Waals surface area contributed by atoms with Gasteiger partial charge in [-0.3, -0.25) is 14.2 Å². The van der Waals surface area contributed by atoms with Gasteiger partial charge in [0.05, 0.1) is 15.9 Å². The molecule has 0 saturated carbocycles. The molecule has 0 spiro atoms. The summed E-state index contributed by atoms with van der Waals surface area (Å²) in [6, 6.07) is 11.1. The first-order valence-electron chi connectivity index (χ1n) is 14.5. The number of furan rings is 1. The summed E-state index contributed by atoms with van der Waals surface area (Å²) in [6.45, 7) is 4.71. The number of halogens is 10. The van der Waals surface area contributed by atoms with Gasteiger partial charge in [-0.15, -0.1) is 3.63 Å². The number of hydrogen-bond donors (Lipinski definition) is 1. The third-order valence-electron chi connectivity index (χ3n) is 6.89. The monoisotopic (exact) mass is 893 g/mol. The predicted octanol–water partition coefficient (Wildman–Crippen LogP) is 7.79. The van der Waals surface area contributed by atoms with E-state index in [9.17, 15) is 69.6 Å². The summed E-state index contributed by atoms with van der Waals surface area (Å²) in [5.74, 6) is 0.174. The number of hydrogen-bond acceptors (Lipinski definition) is 10. The van der Waals surface area contributed by atoms with Crippen LogP contribution < -0.4 is 4.72 Å². The van der Waals surface area contributed by atoms with E-state index in [2.05, 4.69) is 28.0 Å². The van der Waals surface area contributed by atoms with E-state index in [-0.39, 0.29) is 17.0 Å². The number of carbonyl (C=O) groups excluding carboxylic acids is 1. The number of nitrogens with one attached hydrogen (secondary N) is 1. The van der Waals surface area contributed by atoms with Crippen molar-refractivity contribution in [2.24, 2.45) is 0 Å². The van der Waals surface area contributed by atoms with Gasteiger partial charge in [0.25, 0.3) is 0 Å². The topological polar surface area (TPSA) is 172 Å². The summed E-state index contributed by atoms with van der Waals surface area (Å²) in [6.07, 6.45) is 3.84. The predicted molar refractivity (Wildman–Crippen MR) is 174 cm³/mol. The molecule has 0 fully saturated rings. The van der Waals surface area contributed by atoms with E-state index in [1.165, 1.54) is 18.2 Å². The lowest BCUT2D eigenvalue weighted by atomic mass is 10.0. The minimum atomic E-state index is -6.85. The second-order valence-corrected chi connectivity index (χ2v) is 16.3. The van der Waals surface area contributed by atoms with Crippen LogP contribution in [-0.2, 0) is 53.3 Å². The molecule has 0 amide bonds. The zero-order valence-electron chi connectivity index (χ0n) is 26.7. The van der Waals surface area contributed by atoms with Gasteiger partial charge in [-0.25, -0.2) is 0 Å². The van der Waals surface area contributed by atoms with Gasteiger partial charge in [-0.1, -0.05) is 38.5 Å². The highest BCUT2D eigenvalue weighted by Crippen LogP contribution is 2.42. The number of aldehydes is 1. The van der Waals surface area contributed by atoms with Crippen LogP contribution in [-0.4, -0.2) is 57.8 Å². The number of para-hydroxylation sites is 1. The zero-order chi connectivity index (χ0) is 40.4. The number of alkyl halides is 9. The van der Waals surface area contributed by atoms with E-state index in [0.29, 0.717) is 40.5 Å². The highest BCUT2D eigenvalue weighted by atomic mass is 79.9. The molecule has 25 heteroatoms. The van der Waals surface area contributed by atoms with E-state index >= 15 is 0 Å². The number of fused-ring (bicyclic) bond motifs is 1. The van der Waals surface area contributed by atoms with Crippen LogP contribution in [0.15, 0.2) is 51.4 Å². The molecule has 0 aliphatic rings. The molecule has 53 heavy (non-hydrogen) atoms. The summed E-state index contributed by atoms with van der Waals surface area (Å²) >= 11 is 3.48. The Morgan fingerprint density at radius 3 is 1.98 bits per heavy atom. The lowest BCUT2D eigenvalue weighted by Gasteiger charge is -2.13. The van der Waals surface area contributed by atoms with E-state index in [0.717, 1.165) is 35.9 Å². The maximum atomic E-state index is 13.0. The Labute approximate surface area is 303 Å². The molecule has 0 aliphatic heterocycles. The van der Waals surface area contributed by atoms with Crippen molar-refractivity contribution < 1.29 is 77.6 Å². The van der Waals surface area contributed by atoms with Gasteiger partial charge >= 0.3 is 46.8 Å². The Morgan fingerprint density at radius 2 is 1.47 bits per heavy atom. The summed E-state index contributed by atoms with van der Waals surface area (Å²) in [5, 5.41) is 5.28. The van der Waals surface area contributed by atoms with Crippen molar-refractivity contribution in [3.8, 4) is 11.3 Å². The molecule has 0 bridgehead atoms. The summed E-state index contributed by atoms with van der Waals surface area (Å²) in [7, 11) is -19.3. The first-order chi connectivity index (χ1) is 24.2. The standard InChI is InChI=1S/C26H25BrF3N3O4S.C2F6O5S2/c1-3-5-12-33-22(15-34)18(20(4-2)31-33)13-16-10-11-23-19(14-16)24(27)25(37-23)17-8-6-7-9-21(17)32-38(35,36)26(28,29)30;3-1(4,5)14(9,10)13-15(11,12)2(6,7)8/h6-11,14-15,32H,3-5,12-13H2,1-2H3;. The van der Waals surface area contributed by atoms with E-state index in [1.807, 2.05) is 22.7 Å². The van der Waals surface area contributed by atoms with Crippen LogP contribution in [0.5, 0.6) is 0 Å². The largest absolute Gasteiger partial charge is 0.524 e. The molecule has 0 atom stereocenters. The normalized spacial score (nSPS) is 13.1. The minimum absolute atomic E-state index is 0.138. The Bertz CT molecular complexity index is 2260. The molecule has 4 aromatic rings. The van der Waals surface area contributed by atoms with Crippen molar-refractivity contribution in [3.05, 3.63) is 69.5 Å². The van der Waals surface area contributed by atoms with Crippen LogP contribution in [0.25, 0.3) is 22.3 Å². The first kappa shape index (κ1) is 43.7. The van der Waals surface area contributed by atoms with Crippen LogP contribution in [0.3, 0.4) is 0 Å². The van der Waals surface area contributed by atoms with E-state index in [1.54, 1.807) is 21.5 Å². The van der Waals surface area contributed by atoms with Crippen LogP contribution in [0.1, 0.15) is 54.0 Å². The van der Waals surface area contributed by atoms with Crippen molar-refractivity contribution >= 4 is 69.1 Å². The fraction of sp³-hybridized carbons (Fsp3) is 0.357. The number of nitrogens with zero attached hydrogens (tertiary/aromatic N) is 2. The molecule has 2 aromatic carbocycles. The molecule has 0 saturated heterocycles. The number of unbranched alkanes of at least 4 members (excludes halogenated alkanes) is 1. The van der Waals surface area contributed by atoms with Crippen molar-refractivity contribution in [2.75, 3.05) is 4.72 Å². The minimum Gasteiger partial charge on any atom is -0.455 e. The van der Waals surface area contributed by atoms with Crippen LogP contribution >= 0.6 is 15.9 Å². The summed E-state index contributed by atoms with van der Waals surface area (Å²) in [4.78, 5) is 11.9. The molecule has 4 rings (SSSR count). The van der Waals surface area contributed by atoms with Gasteiger partial charge < -0.3 is 4.42 Å². The van der Waals surface area contributed by atoms with Crippen molar-refractivity contribution in [3.63, 3.8) is 0 Å². The highest BCUT2D eigenvalue weighted by molar-refractivity contribution is 9.10. The maximum Gasteiger partial charge on any atom is 0.524 e. The van der Waals surface area contributed by atoms with Gasteiger partial charge in [0, 0.05) is 29.5 Å². The third-order valence-corrected chi connectivity index (χ3v) is 11.3. The van der Waals surface area contributed by atoms with Gasteiger partial charge in [0.15, 0.2) is 12.0 Å². The van der Waals surface area contributed by atoms with Gasteiger partial charge in [-0.05, 0) is 58.6 Å². The summed E-state index contributed by atoms with van der Waals surface area (Å²) < 4.78 is 182. The average Bonchev–Trinajstić information content (AvgIpc) is 3.54. The number of carbonyl (C=O) groups is 1. The van der Waals surface area contributed by atoms with E-state index < -0.39 is 46.8 Å². The Hall–Kier alpha value is -3.68. The molecule has 0 aliphatic carbocycles. The molecule has 1 N–H and O–H groups in total. The van der Waals surface area contributed by atoms with Crippen LogP contribution in [0.2, 0.25) is 0 Å². The van der Waals surface area contributed by atoms with Crippen molar-refractivity contribution in [1.82, 2.24) is 9.78 Å². The molecular formula is C28H25BrF9N3O9S3. The molecular weight excluding hydrogens is 869 g/mol. The molecule has 0 radical (unpaired) electrons. The first-order valence-corrected chi connectivity index (χ1v) is 19.6. The lowest BCUT2D eigenvalue weighted by Crippen LogP contribution is -2.34. The number of sulfonamides is 1. The SMILES string of the molecule is CCCCn1nc(CC)c(Cc2ccc3oc(-c4ccccc4NS(=O)(=O)C(F)(F)F)c(Br)c3c2)c1C=O.O=S(=O)(OS(=O)(=O)C(F)(F)F)C(F)(F)F. The Morgan fingerprint density at radius 1 is 0.887 bits per heavy atom. The smallest absolute Gasteiger partial charge is 0.455 e. The molecule has 2 aromatic heterocycles. The van der Waals surface area contributed by atoms with Gasteiger partial charge in [0.2, 0.25) is 0 Å². The molecule has 2 heterocycles. The maximum absolute atomic E-state index is 13.0.